The molecule has 2 aliphatic heterocycles. The van der Waals surface area contributed by atoms with E-state index in [4.69, 9.17) is 33.2 Å². The highest BCUT2D eigenvalue weighted by Gasteiger charge is 2.48. The van der Waals surface area contributed by atoms with Crippen LogP contribution >= 0.6 is 0 Å². The zero-order valence-electron chi connectivity index (χ0n) is 14.3. The van der Waals surface area contributed by atoms with Crippen molar-refractivity contribution in [3.05, 3.63) is 0 Å². The van der Waals surface area contributed by atoms with Crippen molar-refractivity contribution in [3.8, 4) is 0 Å². The van der Waals surface area contributed by atoms with Gasteiger partial charge in [0.2, 0.25) is 0 Å². The number of fused-ring (bicyclic) bond motifs is 1. The summed E-state index contributed by atoms with van der Waals surface area (Å²) in [6.45, 7) is 3.58. The summed E-state index contributed by atoms with van der Waals surface area (Å²) in [6.07, 6.45) is -3.90. The molecule has 2 aliphatic rings. The van der Waals surface area contributed by atoms with Crippen molar-refractivity contribution in [1.82, 2.24) is 0 Å². The Hall–Kier alpha value is -1.75. The standard InChI is InChI=1S/C15H22O10/c1-8(16)20-5-12(24-9(2)17)14(25-10(3)18)15-13-11(21-7-23-15)4-19-6-22-13/h11-15H,4-7H2,1-3H3/t11-,12+,13+,14-,15+/m1/s1. The molecule has 0 bridgehead atoms. The Morgan fingerprint density at radius 3 is 2.32 bits per heavy atom. The summed E-state index contributed by atoms with van der Waals surface area (Å²) in [5.74, 6) is -1.79. The average molecular weight is 362 g/mol. The third-order valence-corrected chi connectivity index (χ3v) is 3.62. The summed E-state index contributed by atoms with van der Waals surface area (Å²) in [7, 11) is 0. The molecular formula is C15H22O10. The molecule has 0 spiro atoms. The van der Waals surface area contributed by atoms with E-state index in [1.165, 1.54) is 20.8 Å². The first kappa shape index (κ1) is 19.6. The molecule has 0 aromatic carbocycles. The summed E-state index contributed by atoms with van der Waals surface area (Å²) in [5.41, 5.74) is 0. The molecule has 0 saturated carbocycles. The van der Waals surface area contributed by atoms with E-state index in [9.17, 15) is 14.4 Å². The third-order valence-electron chi connectivity index (χ3n) is 3.62. The van der Waals surface area contributed by atoms with Gasteiger partial charge in [-0.3, -0.25) is 14.4 Å². The molecule has 5 atom stereocenters. The van der Waals surface area contributed by atoms with Gasteiger partial charge in [0.15, 0.2) is 12.2 Å². The van der Waals surface area contributed by atoms with Crippen LogP contribution in [0.5, 0.6) is 0 Å². The third kappa shape index (κ3) is 5.63. The predicted molar refractivity (Wildman–Crippen MR) is 78.0 cm³/mol. The highest BCUT2D eigenvalue weighted by Crippen LogP contribution is 2.27. The second-order valence-electron chi connectivity index (χ2n) is 5.60. The monoisotopic (exact) mass is 362 g/mol. The Bertz CT molecular complexity index is 491. The molecule has 0 aliphatic carbocycles. The molecule has 2 heterocycles. The number of carbonyl (C=O) groups excluding carboxylic acids is 3. The number of ether oxygens (including phenoxy) is 7. The van der Waals surface area contributed by atoms with E-state index in [2.05, 4.69) is 0 Å². The number of hydrogen-bond donors (Lipinski definition) is 0. The largest absolute Gasteiger partial charge is 0.462 e. The maximum absolute atomic E-state index is 11.6. The van der Waals surface area contributed by atoms with E-state index in [0.717, 1.165) is 0 Å². The summed E-state index contributed by atoms with van der Waals surface area (Å²) in [6, 6.07) is 0. The molecule has 0 N–H and O–H groups in total. The van der Waals surface area contributed by atoms with Crippen LogP contribution in [0, 0.1) is 0 Å². The minimum atomic E-state index is -1.06. The Labute approximate surface area is 144 Å². The number of esters is 3. The van der Waals surface area contributed by atoms with E-state index in [1.54, 1.807) is 0 Å². The van der Waals surface area contributed by atoms with Crippen LogP contribution in [0.2, 0.25) is 0 Å². The first-order chi connectivity index (χ1) is 11.9. The van der Waals surface area contributed by atoms with Crippen molar-refractivity contribution >= 4 is 17.9 Å². The first-order valence-corrected chi connectivity index (χ1v) is 7.79. The van der Waals surface area contributed by atoms with Crippen molar-refractivity contribution < 1.29 is 47.5 Å². The molecule has 0 unspecified atom stereocenters. The summed E-state index contributed by atoms with van der Waals surface area (Å²) < 4.78 is 37.2. The normalized spacial score (nSPS) is 28.2. The fourth-order valence-electron chi connectivity index (χ4n) is 2.68. The second-order valence-corrected chi connectivity index (χ2v) is 5.60. The average Bonchev–Trinajstić information content (AvgIpc) is 2.55. The van der Waals surface area contributed by atoms with Crippen molar-refractivity contribution in [3.63, 3.8) is 0 Å². The van der Waals surface area contributed by atoms with Gasteiger partial charge in [-0.05, 0) is 0 Å². The zero-order valence-corrected chi connectivity index (χ0v) is 14.3. The van der Waals surface area contributed by atoms with E-state index < -0.39 is 48.4 Å². The molecule has 10 heteroatoms. The molecule has 10 nitrogen and oxygen atoms in total. The number of carbonyl (C=O) groups is 3. The number of rotatable bonds is 6. The fraction of sp³-hybridized carbons (Fsp3) is 0.800. The lowest BCUT2D eigenvalue weighted by Gasteiger charge is -2.43. The van der Waals surface area contributed by atoms with Crippen LogP contribution in [-0.4, -0.2) is 75.2 Å². The highest BCUT2D eigenvalue weighted by molar-refractivity contribution is 5.68. The molecular weight excluding hydrogens is 340 g/mol. The van der Waals surface area contributed by atoms with Gasteiger partial charge in [0, 0.05) is 20.8 Å². The van der Waals surface area contributed by atoms with E-state index >= 15 is 0 Å². The molecule has 0 aromatic heterocycles. The fourth-order valence-corrected chi connectivity index (χ4v) is 2.68. The van der Waals surface area contributed by atoms with Gasteiger partial charge in [-0.25, -0.2) is 0 Å². The Balaban J connectivity index is 2.21. The molecule has 0 aromatic rings. The van der Waals surface area contributed by atoms with Gasteiger partial charge in [-0.2, -0.15) is 0 Å². The van der Waals surface area contributed by atoms with Crippen LogP contribution in [0.25, 0.3) is 0 Å². The van der Waals surface area contributed by atoms with Crippen LogP contribution in [0.4, 0.5) is 0 Å². The van der Waals surface area contributed by atoms with Crippen LogP contribution in [-0.2, 0) is 47.5 Å². The summed E-state index contributed by atoms with van der Waals surface area (Å²) in [5, 5.41) is 0. The predicted octanol–water partition coefficient (Wildman–Crippen LogP) is -0.473. The van der Waals surface area contributed by atoms with Crippen molar-refractivity contribution in [1.29, 1.82) is 0 Å². The minimum absolute atomic E-state index is 0.0271. The molecule has 0 radical (unpaired) electrons. The van der Waals surface area contributed by atoms with Gasteiger partial charge in [0.1, 0.15) is 38.5 Å². The second kappa shape index (κ2) is 9.09. The lowest BCUT2D eigenvalue weighted by molar-refractivity contribution is -0.319. The van der Waals surface area contributed by atoms with Gasteiger partial charge in [-0.15, -0.1) is 0 Å². The molecule has 2 saturated heterocycles. The summed E-state index contributed by atoms with van der Waals surface area (Å²) in [4.78, 5) is 34.1. The van der Waals surface area contributed by atoms with Gasteiger partial charge in [0.05, 0.1) is 6.61 Å². The van der Waals surface area contributed by atoms with Crippen molar-refractivity contribution in [2.45, 2.75) is 51.3 Å². The van der Waals surface area contributed by atoms with Crippen molar-refractivity contribution in [2.24, 2.45) is 0 Å². The molecule has 2 fully saturated rings. The highest BCUT2D eigenvalue weighted by atomic mass is 16.8. The van der Waals surface area contributed by atoms with Gasteiger partial charge in [-0.1, -0.05) is 0 Å². The maximum atomic E-state index is 11.6. The minimum Gasteiger partial charge on any atom is -0.462 e. The molecule has 0 amide bonds. The smallest absolute Gasteiger partial charge is 0.303 e. The zero-order chi connectivity index (χ0) is 18.4. The summed E-state index contributed by atoms with van der Waals surface area (Å²) >= 11 is 0. The van der Waals surface area contributed by atoms with Crippen LogP contribution < -0.4 is 0 Å². The first-order valence-electron chi connectivity index (χ1n) is 7.79. The lowest BCUT2D eigenvalue weighted by atomic mass is 9.97. The quantitative estimate of drug-likeness (QED) is 0.453. The molecule has 25 heavy (non-hydrogen) atoms. The van der Waals surface area contributed by atoms with E-state index in [0.29, 0.717) is 6.61 Å². The van der Waals surface area contributed by atoms with Crippen LogP contribution in [0.1, 0.15) is 20.8 Å². The Morgan fingerprint density at radius 1 is 0.960 bits per heavy atom. The van der Waals surface area contributed by atoms with Crippen LogP contribution in [0.15, 0.2) is 0 Å². The lowest BCUT2D eigenvalue weighted by Crippen LogP contribution is -2.60. The van der Waals surface area contributed by atoms with E-state index in [-0.39, 0.29) is 20.2 Å². The SMILES string of the molecule is CC(=O)OC[C@H](OC(C)=O)[C@@H](OC(C)=O)[C@H]1OCO[C@@H]2COCO[C@H]12. The van der Waals surface area contributed by atoms with Gasteiger partial charge >= 0.3 is 17.9 Å². The molecule has 2 rings (SSSR count). The molecule has 142 valence electrons. The Kier molecular flexibility index (Phi) is 7.12. The van der Waals surface area contributed by atoms with Gasteiger partial charge < -0.3 is 33.2 Å². The maximum Gasteiger partial charge on any atom is 0.303 e. The number of hydrogen-bond acceptors (Lipinski definition) is 10. The van der Waals surface area contributed by atoms with E-state index in [1.807, 2.05) is 0 Å². The Morgan fingerprint density at radius 2 is 1.68 bits per heavy atom. The topological polar surface area (TPSA) is 116 Å². The van der Waals surface area contributed by atoms with Crippen LogP contribution in [0.3, 0.4) is 0 Å². The van der Waals surface area contributed by atoms with Crippen molar-refractivity contribution in [2.75, 3.05) is 26.8 Å². The van der Waals surface area contributed by atoms with Gasteiger partial charge in [0.25, 0.3) is 0 Å².